The fourth-order valence-corrected chi connectivity index (χ4v) is 3.00. The lowest BCUT2D eigenvalue weighted by Crippen LogP contribution is -2.10. The summed E-state index contributed by atoms with van der Waals surface area (Å²) < 4.78 is 1.61. The van der Waals surface area contributed by atoms with Crippen LogP contribution in [-0.2, 0) is 19.9 Å². The smallest absolute Gasteiger partial charge is 0.260 e. The summed E-state index contributed by atoms with van der Waals surface area (Å²) in [4.78, 5) is 17.6. The number of amides is 1. The average Bonchev–Trinajstić information content (AvgIpc) is 2.92. The predicted molar refractivity (Wildman–Crippen MR) is 65.3 cm³/mol. The highest BCUT2D eigenvalue weighted by Crippen LogP contribution is 2.30. The van der Waals surface area contributed by atoms with Gasteiger partial charge in [-0.2, -0.15) is 5.10 Å². The molecule has 0 aliphatic heterocycles. The number of anilines is 1. The third kappa shape index (κ3) is 1.95. The van der Waals surface area contributed by atoms with Crippen LogP contribution in [0, 0.1) is 0 Å². The lowest BCUT2D eigenvalue weighted by molar-refractivity contribution is 0.102. The fourth-order valence-electron chi connectivity index (χ4n) is 1.95. The lowest BCUT2D eigenvalue weighted by atomic mass is 10.3. The molecule has 5 nitrogen and oxygen atoms in total. The molecule has 0 atom stereocenters. The molecular weight excluding hydrogens is 236 g/mol. The number of hydrogen-bond acceptors (Lipinski definition) is 4. The van der Waals surface area contributed by atoms with Crippen LogP contribution in [0.5, 0.6) is 0 Å². The van der Waals surface area contributed by atoms with Gasteiger partial charge < -0.3 is 0 Å². The number of nitrogens with zero attached hydrogens (tertiary/aromatic N) is 3. The number of thiazole rings is 1. The van der Waals surface area contributed by atoms with Crippen LogP contribution in [0.1, 0.15) is 27.3 Å². The van der Waals surface area contributed by atoms with Gasteiger partial charge in [-0.1, -0.05) is 0 Å². The molecule has 2 heterocycles. The molecule has 0 radical (unpaired) electrons. The molecule has 17 heavy (non-hydrogen) atoms. The Hall–Kier alpha value is -1.69. The van der Waals surface area contributed by atoms with Crippen molar-refractivity contribution in [2.24, 2.45) is 7.05 Å². The van der Waals surface area contributed by atoms with Gasteiger partial charge in [0, 0.05) is 18.1 Å². The highest BCUT2D eigenvalue weighted by atomic mass is 32.1. The number of aromatic nitrogens is 3. The molecule has 1 aliphatic rings. The number of carbonyl (C=O) groups is 1. The summed E-state index contributed by atoms with van der Waals surface area (Å²) in [5.41, 5.74) is 1.71. The van der Waals surface area contributed by atoms with Crippen molar-refractivity contribution in [2.75, 3.05) is 5.32 Å². The van der Waals surface area contributed by atoms with Gasteiger partial charge in [-0.05, 0) is 19.3 Å². The van der Waals surface area contributed by atoms with Gasteiger partial charge >= 0.3 is 0 Å². The van der Waals surface area contributed by atoms with E-state index in [1.54, 1.807) is 35.5 Å². The SMILES string of the molecule is Cn1cc(C(=O)Nc2nc3c(s2)CCC3)cn1. The molecule has 0 unspecified atom stereocenters. The summed E-state index contributed by atoms with van der Waals surface area (Å²) >= 11 is 1.58. The Kier molecular flexibility index (Phi) is 2.44. The molecule has 2 aromatic heterocycles. The molecule has 1 N–H and O–H groups in total. The van der Waals surface area contributed by atoms with Gasteiger partial charge in [-0.15, -0.1) is 11.3 Å². The van der Waals surface area contributed by atoms with E-state index in [9.17, 15) is 4.79 Å². The standard InChI is InChI=1S/C11H12N4OS/c1-15-6-7(5-12-15)10(16)14-11-13-8-3-2-4-9(8)17-11/h5-6H,2-4H2,1H3,(H,13,14,16). The van der Waals surface area contributed by atoms with Crippen LogP contribution in [-0.4, -0.2) is 20.7 Å². The lowest BCUT2D eigenvalue weighted by Gasteiger charge is -1.97. The van der Waals surface area contributed by atoms with Gasteiger partial charge in [0.1, 0.15) is 0 Å². The summed E-state index contributed by atoms with van der Waals surface area (Å²) in [7, 11) is 1.79. The zero-order valence-electron chi connectivity index (χ0n) is 9.43. The minimum atomic E-state index is -0.148. The van der Waals surface area contributed by atoms with Crippen molar-refractivity contribution < 1.29 is 4.79 Å². The van der Waals surface area contributed by atoms with Crippen molar-refractivity contribution in [1.29, 1.82) is 0 Å². The van der Waals surface area contributed by atoms with Crippen LogP contribution in [0.2, 0.25) is 0 Å². The van der Waals surface area contributed by atoms with Crippen LogP contribution in [0.25, 0.3) is 0 Å². The Labute approximate surface area is 102 Å². The normalized spacial score (nSPS) is 13.7. The second-order valence-corrected chi connectivity index (χ2v) is 5.18. The zero-order chi connectivity index (χ0) is 11.8. The van der Waals surface area contributed by atoms with Crippen LogP contribution < -0.4 is 5.32 Å². The molecule has 3 rings (SSSR count). The zero-order valence-corrected chi connectivity index (χ0v) is 10.3. The Morgan fingerprint density at radius 3 is 3.12 bits per heavy atom. The van der Waals surface area contributed by atoms with E-state index in [1.807, 2.05) is 0 Å². The summed E-state index contributed by atoms with van der Waals surface area (Å²) in [6, 6.07) is 0. The molecule has 0 aromatic carbocycles. The quantitative estimate of drug-likeness (QED) is 0.878. The number of carbonyl (C=O) groups excluding carboxylic acids is 1. The van der Waals surface area contributed by atoms with E-state index in [0.29, 0.717) is 10.7 Å². The van der Waals surface area contributed by atoms with E-state index >= 15 is 0 Å². The highest BCUT2D eigenvalue weighted by molar-refractivity contribution is 7.15. The topological polar surface area (TPSA) is 59.8 Å². The summed E-state index contributed by atoms with van der Waals surface area (Å²) in [6.45, 7) is 0. The second kappa shape index (κ2) is 3.96. The van der Waals surface area contributed by atoms with Crippen molar-refractivity contribution in [1.82, 2.24) is 14.8 Å². The molecule has 1 aliphatic carbocycles. The molecule has 0 spiro atoms. The van der Waals surface area contributed by atoms with Gasteiger partial charge in [0.05, 0.1) is 17.5 Å². The molecule has 0 saturated heterocycles. The van der Waals surface area contributed by atoms with Crippen LogP contribution in [0.3, 0.4) is 0 Å². The molecule has 0 bridgehead atoms. The van der Waals surface area contributed by atoms with E-state index in [1.165, 1.54) is 11.3 Å². The van der Waals surface area contributed by atoms with Gasteiger partial charge in [0.25, 0.3) is 5.91 Å². The first kappa shape index (κ1) is 10.5. The van der Waals surface area contributed by atoms with Crippen molar-refractivity contribution in [3.8, 4) is 0 Å². The molecule has 2 aromatic rings. The Morgan fingerprint density at radius 2 is 2.41 bits per heavy atom. The largest absolute Gasteiger partial charge is 0.298 e. The maximum absolute atomic E-state index is 11.9. The molecular formula is C11H12N4OS. The highest BCUT2D eigenvalue weighted by Gasteiger charge is 2.18. The average molecular weight is 248 g/mol. The molecule has 0 saturated carbocycles. The number of nitrogens with one attached hydrogen (secondary N) is 1. The number of rotatable bonds is 2. The van der Waals surface area contributed by atoms with Crippen LogP contribution >= 0.6 is 11.3 Å². The number of fused-ring (bicyclic) bond motifs is 1. The first-order valence-electron chi connectivity index (χ1n) is 5.51. The van der Waals surface area contributed by atoms with Gasteiger partial charge in [0.15, 0.2) is 5.13 Å². The van der Waals surface area contributed by atoms with E-state index in [4.69, 9.17) is 0 Å². The van der Waals surface area contributed by atoms with Crippen LogP contribution in [0.15, 0.2) is 12.4 Å². The molecule has 88 valence electrons. The Balaban J connectivity index is 1.76. The van der Waals surface area contributed by atoms with E-state index < -0.39 is 0 Å². The summed E-state index contributed by atoms with van der Waals surface area (Å²) in [5, 5.41) is 7.48. The Morgan fingerprint density at radius 1 is 1.53 bits per heavy atom. The van der Waals surface area contributed by atoms with Gasteiger partial charge in [0.2, 0.25) is 0 Å². The third-order valence-electron chi connectivity index (χ3n) is 2.78. The first-order valence-corrected chi connectivity index (χ1v) is 6.32. The van der Waals surface area contributed by atoms with Crippen molar-refractivity contribution in [3.05, 3.63) is 28.5 Å². The minimum absolute atomic E-state index is 0.148. The number of hydrogen-bond donors (Lipinski definition) is 1. The molecule has 0 fully saturated rings. The van der Waals surface area contributed by atoms with Crippen molar-refractivity contribution in [2.45, 2.75) is 19.3 Å². The third-order valence-corrected chi connectivity index (χ3v) is 3.86. The predicted octanol–water partition coefficient (Wildman–Crippen LogP) is 1.62. The second-order valence-electron chi connectivity index (χ2n) is 4.10. The maximum Gasteiger partial charge on any atom is 0.260 e. The Bertz CT molecular complexity index is 550. The van der Waals surface area contributed by atoms with Crippen molar-refractivity contribution >= 4 is 22.4 Å². The van der Waals surface area contributed by atoms with E-state index in [0.717, 1.165) is 18.5 Å². The first-order chi connectivity index (χ1) is 8.22. The summed E-state index contributed by atoms with van der Waals surface area (Å²) in [5.74, 6) is -0.148. The van der Waals surface area contributed by atoms with E-state index in [-0.39, 0.29) is 5.91 Å². The van der Waals surface area contributed by atoms with E-state index in [2.05, 4.69) is 15.4 Å². The minimum Gasteiger partial charge on any atom is -0.298 e. The molecule has 6 heteroatoms. The monoisotopic (exact) mass is 248 g/mol. The van der Waals surface area contributed by atoms with Crippen LogP contribution in [0.4, 0.5) is 5.13 Å². The fraction of sp³-hybridized carbons (Fsp3) is 0.364. The maximum atomic E-state index is 11.9. The number of aryl methyl sites for hydroxylation is 3. The van der Waals surface area contributed by atoms with Gasteiger partial charge in [-0.3, -0.25) is 14.8 Å². The van der Waals surface area contributed by atoms with Gasteiger partial charge in [-0.25, -0.2) is 4.98 Å². The molecule has 1 amide bonds. The van der Waals surface area contributed by atoms with Crippen molar-refractivity contribution in [3.63, 3.8) is 0 Å². The summed E-state index contributed by atoms with van der Waals surface area (Å²) in [6.07, 6.45) is 6.56.